The molecular weight excluding hydrogens is 382 g/mol. The summed E-state index contributed by atoms with van der Waals surface area (Å²) < 4.78 is 0. The molecule has 0 amide bonds. The summed E-state index contributed by atoms with van der Waals surface area (Å²) in [6.45, 7) is -1.22. The lowest BCUT2D eigenvalue weighted by atomic mass is 10.2. The van der Waals surface area contributed by atoms with Gasteiger partial charge in [-0.05, 0) is 6.92 Å². The van der Waals surface area contributed by atoms with Gasteiger partial charge in [0.05, 0.1) is 32.7 Å². The zero-order valence-electron chi connectivity index (χ0n) is 15.4. The first-order valence-corrected chi connectivity index (χ1v) is 8.18. The highest BCUT2D eigenvalue weighted by molar-refractivity contribution is 5.73. The molecule has 0 saturated heterocycles. The van der Waals surface area contributed by atoms with E-state index in [0.29, 0.717) is 0 Å². The summed E-state index contributed by atoms with van der Waals surface area (Å²) in [5.41, 5.74) is 0. The Hall–Kier alpha value is -2.77. The molecule has 13 heteroatoms. The molecule has 0 aromatic heterocycles. The van der Waals surface area contributed by atoms with E-state index in [0.717, 1.165) is 9.80 Å². The van der Waals surface area contributed by atoms with E-state index in [1.165, 1.54) is 11.8 Å². The van der Waals surface area contributed by atoms with Crippen molar-refractivity contribution in [2.75, 3.05) is 52.4 Å². The van der Waals surface area contributed by atoms with Crippen LogP contribution in [0.1, 0.15) is 6.92 Å². The van der Waals surface area contributed by atoms with Crippen molar-refractivity contribution in [3.8, 4) is 0 Å². The Bertz CT molecular complexity index is 550. The van der Waals surface area contributed by atoms with Gasteiger partial charge in [0.2, 0.25) is 0 Å². The molecule has 0 heterocycles. The minimum Gasteiger partial charge on any atom is -0.480 e. The number of hydrogen-bond donors (Lipinski definition) is 5. The Balaban J connectivity index is 5.08. The van der Waals surface area contributed by atoms with Crippen LogP contribution in [-0.2, 0) is 24.0 Å². The highest BCUT2D eigenvalue weighted by atomic mass is 16.4. The second-order valence-electron chi connectivity index (χ2n) is 6.17. The molecule has 0 aromatic carbocycles. The number of hydrogen-bond acceptors (Lipinski definition) is 8. The fourth-order valence-corrected chi connectivity index (χ4v) is 2.51. The zero-order valence-corrected chi connectivity index (χ0v) is 15.4. The molecule has 0 rings (SSSR count). The summed E-state index contributed by atoms with van der Waals surface area (Å²) in [7, 11) is 0. The Morgan fingerprint density at radius 1 is 0.607 bits per heavy atom. The molecule has 28 heavy (non-hydrogen) atoms. The Morgan fingerprint density at radius 3 is 1.29 bits per heavy atom. The summed E-state index contributed by atoms with van der Waals surface area (Å²) in [4.78, 5) is 58.2. The van der Waals surface area contributed by atoms with E-state index < -0.39 is 68.6 Å². The monoisotopic (exact) mass is 407 g/mol. The summed E-state index contributed by atoms with van der Waals surface area (Å²) >= 11 is 0. The topological polar surface area (TPSA) is 196 Å². The first-order valence-electron chi connectivity index (χ1n) is 8.18. The molecule has 0 spiro atoms. The predicted octanol–water partition coefficient (Wildman–Crippen LogP) is -2.30. The molecule has 0 unspecified atom stereocenters. The fourth-order valence-electron chi connectivity index (χ4n) is 2.51. The van der Waals surface area contributed by atoms with Gasteiger partial charge in [0, 0.05) is 25.7 Å². The molecule has 160 valence electrons. The van der Waals surface area contributed by atoms with Crippen molar-refractivity contribution < 1.29 is 49.5 Å². The maximum Gasteiger partial charge on any atom is 0.317 e. The molecule has 0 aliphatic carbocycles. The molecule has 0 fully saturated rings. The second kappa shape index (κ2) is 12.6. The highest BCUT2D eigenvalue weighted by Gasteiger charge is 2.23. The van der Waals surface area contributed by atoms with Crippen molar-refractivity contribution in [3.63, 3.8) is 0 Å². The van der Waals surface area contributed by atoms with Gasteiger partial charge in [-0.2, -0.15) is 0 Å². The predicted molar refractivity (Wildman–Crippen MR) is 92.1 cm³/mol. The molecule has 0 aromatic rings. The van der Waals surface area contributed by atoms with E-state index in [2.05, 4.69) is 0 Å². The fraction of sp³-hybridized carbons (Fsp3) is 0.667. The van der Waals surface area contributed by atoms with E-state index in [4.69, 9.17) is 25.5 Å². The van der Waals surface area contributed by atoms with Crippen molar-refractivity contribution in [3.05, 3.63) is 0 Å². The number of carbonyl (C=O) groups is 5. The Kier molecular flexibility index (Phi) is 11.3. The molecular formula is C15H25N3O10. The van der Waals surface area contributed by atoms with Crippen LogP contribution in [0.15, 0.2) is 0 Å². The minimum atomic E-state index is -1.24. The summed E-state index contributed by atoms with van der Waals surface area (Å²) in [5.74, 6) is -6.17. The first-order chi connectivity index (χ1) is 12.9. The van der Waals surface area contributed by atoms with E-state index in [9.17, 15) is 24.0 Å². The standard InChI is InChI=1S/C15H25N3O10/c1-10(18(8-14(25)26)9-15(27)28)4-16(5-11(19)20)2-3-17(6-12(21)22)7-13(23)24/h10H,2-9H2,1H3,(H,19,20)(H,21,22)(H,23,24)(H,25,26)(H,27,28)/t10-/m0/s1. The Morgan fingerprint density at radius 2 is 0.929 bits per heavy atom. The normalized spacial score (nSPS) is 12.3. The van der Waals surface area contributed by atoms with Crippen molar-refractivity contribution in [1.29, 1.82) is 0 Å². The molecule has 0 bridgehead atoms. The second-order valence-corrected chi connectivity index (χ2v) is 6.17. The lowest BCUT2D eigenvalue weighted by Gasteiger charge is -2.32. The smallest absolute Gasteiger partial charge is 0.317 e. The SMILES string of the molecule is C[C@@H](CN(CCN(CC(=O)O)CC(=O)O)CC(=O)O)N(CC(=O)O)CC(=O)O. The molecule has 5 N–H and O–H groups in total. The van der Waals surface area contributed by atoms with E-state index in [1.807, 2.05) is 0 Å². The molecule has 1 atom stereocenters. The molecule has 0 aliphatic heterocycles. The lowest BCUT2D eigenvalue weighted by Crippen LogP contribution is -2.49. The van der Waals surface area contributed by atoms with Crippen LogP contribution >= 0.6 is 0 Å². The average Bonchev–Trinajstić information content (AvgIpc) is 2.49. The van der Waals surface area contributed by atoms with Crippen LogP contribution in [0.5, 0.6) is 0 Å². The van der Waals surface area contributed by atoms with Crippen LogP contribution in [0.4, 0.5) is 0 Å². The number of aliphatic carboxylic acids is 5. The largest absolute Gasteiger partial charge is 0.480 e. The molecule has 0 aliphatic rings. The van der Waals surface area contributed by atoms with Crippen molar-refractivity contribution in [2.24, 2.45) is 0 Å². The first kappa shape index (κ1) is 25.2. The minimum absolute atomic E-state index is 0.00875. The van der Waals surface area contributed by atoms with Gasteiger partial charge >= 0.3 is 29.8 Å². The highest BCUT2D eigenvalue weighted by Crippen LogP contribution is 2.04. The number of rotatable bonds is 16. The number of carboxylic acids is 5. The zero-order chi connectivity index (χ0) is 21.9. The van der Waals surface area contributed by atoms with Gasteiger partial charge in [-0.3, -0.25) is 38.7 Å². The van der Waals surface area contributed by atoms with Crippen LogP contribution in [-0.4, -0.2) is 128 Å². The van der Waals surface area contributed by atoms with Crippen LogP contribution < -0.4 is 0 Å². The summed E-state index contributed by atoms with van der Waals surface area (Å²) in [5, 5.41) is 44.5. The molecule has 0 saturated carbocycles. The van der Waals surface area contributed by atoms with Gasteiger partial charge < -0.3 is 25.5 Å². The third-order valence-corrected chi connectivity index (χ3v) is 3.63. The average molecular weight is 407 g/mol. The Labute approximate surface area is 160 Å². The van der Waals surface area contributed by atoms with Crippen LogP contribution in [0.25, 0.3) is 0 Å². The number of carboxylic acid groups (broad SMARTS) is 5. The van der Waals surface area contributed by atoms with Crippen molar-refractivity contribution in [2.45, 2.75) is 13.0 Å². The van der Waals surface area contributed by atoms with Crippen molar-refractivity contribution >= 4 is 29.8 Å². The van der Waals surface area contributed by atoms with Gasteiger partial charge in [-0.25, -0.2) is 0 Å². The van der Waals surface area contributed by atoms with Crippen LogP contribution in [0, 0.1) is 0 Å². The maximum absolute atomic E-state index is 11.1. The summed E-state index contributed by atoms with van der Waals surface area (Å²) in [6, 6.07) is -0.640. The molecule has 0 radical (unpaired) electrons. The maximum atomic E-state index is 11.1. The molecule has 13 nitrogen and oxygen atoms in total. The van der Waals surface area contributed by atoms with Gasteiger partial charge in [-0.15, -0.1) is 0 Å². The van der Waals surface area contributed by atoms with Gasteiger partial charge in [-0.1, -0.05) is 0 Å². The van der Waals surface area contributed by atoms with Crippen LogP contribution in [0.2, 0.25) is 0 Å². The van der Waals surface area contributed by atoms with Crippen molar-refractivity contribution in [1.82, 2.24) is 14.7 Å². The summed E-state index contributed by atoms with van der Waals surface area (Å²) in [6.07, 6.45) is 0. The van der Waals surface area contributed by atoms with Gasteiger partial charge in [0.15, 0.2) is 0 Å². The van der Waals surface area contributed by atoms with Crippen LogP contribution in [0.3, 0.4) is 0 Å². The van der Waals surface area contributed by atoms with Gasteiger partial charge in [0.1, 0.15) is 0 Å². The van der Waals surface area contributed by atoms with E-state index in [1.54, 1.807) is 0 Å². The third-order valence-electron chi connectivity index (χ3n) is 3.63. The van der Waals surface area contributed by atoms with Gasteiger partial charge in [0.25, 0.3) is 0 Å². The van der Waals surface area contributed by atoms with E-state index >= 15 is 0 Å². The lowest BCUT2D eigenvalue weighted by molar-refractivity contribution is -0.144. The third kappa shape index (κ3) is 12.6. The number of nitrogens with zero attached hydrogens (tertiary/aromatic N) is 3. The van der Waals surface area contributed by atoms with E-state index in [-0.39, 0.29) is 19.6 Å². The quantitative estimate of drug-likeness (QED) is 0.183.